The van der Waals surface area contributed by atoms with E-state index in [0.717, 1.165) is 16.7 Å². The molecule has 0 saturated heterocycles. The molecule has 162 valence electrons. The van der Waals surface area contributed by atoms with Crippen LogP contribution >= 0.6 is 0 Å². The molecule has 32 heavy (non-hydrogen) atoms. The van der Waals surface area contributed by atoms with Gasteiger partial charge in [-0.3, -0.25) is 14.8 Å². The second-order valence-corrected chi connectivity index (χ2v) is 7.06. The van der Waals surface area contributed by atoms with Gasteiger partial charge in [-0.15, -0.1) is 0 Å². The van der Waals surface area contributed by atoms with Crippen molar-refractivity contribution in [1.82, 2.24) is 20.4 Å². The Balaban J connectivity index is 1.42. The topological polar surface area (TPSA) is 99.4 Å². The lowest BCUT2D eigenvalue weighted by atomic mass is 10.1. The van der Waals surface area contributed by atoms with Crippen molar-refractivity contribution < 1.29 is 18.8 Å². The number of nitrogens with zero attached hydrogens (tertiary/aromatic N) is 3. The quantitative estimate of drug-likeness (QED) is 0.447. The first kappa shape index (κ1) is 21.0. The molecule has 1 atom stereocenters. The van der Waals surface area contributed by atoms with Crippen LogP contribution in [0.15, 0.2) is 77.8 Å². The lowest BCUT2D eigenvalue weighted by molar-refractivity contribution is 0.0930. The van der Waals surface area contributed by atoms with Crippen molar-refractivity contribution in [3.63, 3.8) is 0 Å². The number of pyridine rings is 2. The van der Waals surface area contributed by atoms with Crippen LogP contribution in [0.5, 0.6) is 11.5 Å². The van der Waals surface area contributed by atoms with E-state index >= 15 is 0 Å². The van der Waals surface area contributed by atoms with E-state index < -0.39 is 0 Å². The highest BCUT2D eigenvalue weighted by Crippen LogP contribution is 2.31. The average Bonchev–Trinajstić information content (AvgIpc) is 3.34. The van der Waals surface area contributed by atoms with Gasteiger partial charge in [-0.05, 0) is 54.4 Å². The zero-order chi connectivity index (χ0) is 22.3. The van der Waals surface area contributed by atoms with Gasteiger partial charge in [0.05, 0.1) is 13.2 Å². The van der Waals surface area contributed by atoms with Crippen molar-refractivity contribution in [2.24, 2.45) is 0 Å². The van der Waals surface area contributed by atoms with Gasteiger partial charge >= 0.3 is 0 Å². The van der Waals surface area contributed by atoms with E-state index in [1.54, 1.807) is 50.1 Å². The predicted octanol–water partition coefficient (Wildman–Crippen LogP) is 4.21. The molecule has 8 heteroatoms. The average molecular weight is 430 g/mol. The number of rotatable bonds is 8. The lowest BCUT2D eigenvalue weighted by Gasteiger charge is -2.16. The summed E-state index contributed by atoms with van der Waals surface area (Å²) in [5, 5.41) is 6.81. The minimum absolute atomic E-state index is 0.202. The normalized spacial score (nSPS) is 11.6. The third kappa shape index (κ3) is 4.92. The zero-order valence-electron chi connectivity index (χ0n) is 17.7. The molecule has 0 fully saturated rings. The summed E-state index contributed by atoms with van der Waals surface area (Å²) in [4.78, 5) is 20.6. The number of carbonyl (C=O) groups is 1. The molecule has 0 aliphatic rings. The largest absolute Gasteiger partial charge is 0.493 e. The van der Waals surface area contributed by atoms with Gasteiger partial charge in [0.25, 0.3) is 5.91 Å². The maximum atomic E-state index is 12.6. The number of hydrogen-bond acceptors (Lipinski definition) is 7. The molecule has 3 heterocycles. The Morgan fingerprint density at radius 1 is 1.00 bits per heavy atom. The van der Waals surface area contributed by atoms with Crippen LogP contribution in [-0.4, -0.2) is 28.1 Å². The number of carbonyl (C=O) groups excluding carboxylic acids is 1. The first-order valence-corrected chi connectivity index (χ1v) is 10.0. The molecule has 0 aliphatic heterocycles. The lowest BCUT2D eigenvalue weighted by Crippen LogP contribution is -2.26. The summed E-state index contributed by atoms with van der Waals surface area (Å²) in [5.74, 6) is 1.37. The number of methoxy groups -OCH3 is 1. The molecule has 4 aromatic rings. The maximum Gasteiger partial charge on any atom is 0.273 e. The molecule has 8 nitrogen and oxygen atoms in total. The molecule has 1 amide bonds. The van der Waals surface area contributed by atoms with Crippen LogP contribution in [0, 0.1) is 0 Å². The Kier molecular flexibility index (Phi) is 6.41. The highest BCUT2D eigenvalue weighted by Gasteiger charge is 2.18. The van der Waals surface area contributed by atoms with E-state index in [4.69, 9.17) is 14.0 Å². The second kappa shape index (κ2) is 9.74. The molecule has 4 rings (SSSR count). The Morgan fingerprint density at radius 3 is 2.44 bits per heavy atom. The van der Waals surface area contributed by atoms with Gasteiger partial charge in [-0.1, -0.05) is 11.2 Å². The van der Waals surface area contributed by atoms with Crippen LogP contribution in [-0.2, 0) is 6.61 Å². The van der Waals surface area contributed by atoms with E-state index in [2.05, 4.69) is 20.4 Å². The van der Waals surface area contributed by atoms with E-state index in [1.807, 2.05) is 37.3 Å². The third-order valence-electron chi connectivity index (χ3n) is 4.89. The molecule has 0 bridgehead atoms. The minimum atomic E-state index is -0.335. The predicted molar refractivity (Wildman–Crippen MR) is 117 cm³/mol. The zero-order valence-corrected chi connectivity index (χ0v) is 17.7. The van der Waals surface area contributed by atoms with Crippen molar-refractivity contribution in [2.75, 3.05) is 7.11 Å². The third-order valence-corrected chi connectivity index (χ3v) is 4.89. The van der Waals surface area contributed by atoms with E-state index in [-0.39, 0.29) is 17.6 Å². The van der Waals surface area contributed by atoms with Gasteiger partial charge in [0.2, 0.25) is 0 Å². The van der Waals surface area contributed by atoms with Gasteiger partial charge in [0.1, 0.15) is 6.61 Å². The number of hydrogen-bond donors (Lipinski definition) is 1. The van der Waals surface area contributed by atoms with Crippen LogP contribution in [0.25, 0.3) is 11.3 Å². The van der Waals surface area contributed by atoms with Crippen LogP contribution in [0.4, 0.5) is 0 Å². The highest BCUT2D eigenvalue weighted by molar-refractivity contribution is 5.93. The van der Waals surface area contributed by atoms with Crippen molar-refractivity contribution in [1.29, 1.82) is 0 Å². The van der Waals surface area contributed by atoms with Crippen molar-refractivity contribution in [2.45, 2.75) is 19.6 Å². The van der Waals surface area contributed by atoms with Gasteiger partial charge in [-0.2, -0.15) is 0 Å². The van der Waals surface area contributed by atoms with Crippen molar-refractivity contribution in [3.8, 4) is 22.8 Å². The molecule has 3 aromatic heterocycles. The van der Waals surface area contributed by atoms with Gasteiger partial charge in [0, 0.05) is 36.4 Å². The van der Waals surface area contributed by atoms with E-state index in [0.29, 0.717) is 23.9 Å². The number of nitrogens with one attached hydrogen (secondary N) is 1. The molecule has 1 N–H and O–H groups in total. The first-order valence-electron chi connectivity index (χ1n) is 10.0. The summed E-state index contributed by atoms with van der Waals surface area (Å²) >= 11 is 0. The Morgan fingerprint density at radius 2 is 1.72 bits per heavy atom. The summed E-state index contributed by atoms with van der Waals surface area (Å²) in [6, 6.07) is 14.2. The molecule has 0 aliphatic carbocycles. The highest BCUT2D eigenvalue weighted by atomic mass is 16.5. The first-order chi connectivity index (χ1) is 15.6. The van der Waals surface area contributed by atoms with Crippen LogP contribution in [0.2, 0.25) is 0 Å². The fraction of sp³-hybridized carbons (Fsp3) is 0.167. The SMILES string of the molecule is COc1cc(C(C)NC(=O)c2cc(-c3ccncc3)on2)ccc1OCc1ccncc1. The Labute approximate surface area is 185 Å². The fourth-order valence-electron chi connectivity index (χ4n) is 3.10. The molecular formula is C24H22N4O4. The molecule has 0 saturated carbocycles. The smallest absolute Gasteiger partial charge is 0.273 e. The number of benzene rings is 1. The van der Waals surface area contributed by atoms with Crippen LogP contribution in [0.1, 0.15) is 34.6 Å². The summed E-state index contributed by atoms with van der Waals surface area (Å²) in [7, 11) is 1.58. The maximum absolute atomic E-state index is 12.6. The number of ether oxygens (including phenoxy) is 2. The molecule has 1 aromatic carbocycles. The molecule has 1 unspecified atom stereocenters. The summed E-state index contributed by atoms with van der Waals surface area (Å²) < 4.78 is 16.7. The minimum Gasteiger partial charge on any atom is -0.493 e. The standard InChI is InChI=1S/C24H22N4O4/c1-16(27-24(29)20-14-22(32-28-20)18-7-11-26-12-8-18)19-3-4-21(23(13-19)30-2)31-15-17-5-9-25-10-6-17/h3-14,16H,15H2,1-2H3,(H,27,29). The summed E-state index contributed by atoms with van der Waals surface area (Å²) in [6.45, 7) is 2.28. The second-order valence-electron chi connectivity index (χ2n) is 7.06. The fourth-order valence-corrected chi connectivity index (χ4v) is 3.10. The van der Waals surface area contributed by atoms with E-state index in [9.17, 15) is 4.79 Å². The van der Waals surface area contributed by atoms with E-state index in [1.165, 1.54) is 0 Å². The van der Waals surface area contributed by atoms with Gasteiger partial charge < -0.3 is 19.3 Å². The van der Waals surface area contributed by atoms with Gasteiger partial charge in [-0.25, -0.2) is 0 Å². The summed E-state index contributed by atoms with van der Waals surface area (Å²) in [5.41, 5.74) is 2.87. The van der Waals surface area contributed by atoms with Crippen LogP contribution < -0.4 is 14.8 Å². The van der Waals surface area contributed by atoms with Crippen LogP contribution in [0.3, 0.4) is 0 Å². The molecule has 0 radical (unpaired) electrons. The monoisotopic (exact) mass is 430 g/mol. The Hall–Kier alpha value is -4.20. The van der Waals surface area contributed by atoms with Gasteiger partial charge in [0.15, 0.2) is 23.0 Å². The number of aromatic nitrogens is 3. The molecular weight excluding hydrogens is 408 g/mol. The summed E-state index contributed by atoms with van der Waals surface area (Å²) in [6.07, 6.45) is 6.74. The number of amides is 1. The van der Waals surface area contributed by atoms with Crippen molar-refractivity contribution >= 4 is 5.91 Å². The molecule has 0 spiro atoms. The Bertz CT molecular complexity index is 1180. The van der Waals surface area contributed by atoms with Crippen molar-refractivity contribution in [3.05, 3.63) is 90.1 Å².